The maximum Gasteiger partial charge on any atom is 0.418 e. The fourth-order valence-corrected chi connectivity index (χ4v) is 4.55. The molecule has 34 heavy (non-hydrogen) atoms. The number of cyclic esters (lactones) is 1. The van der Waals surface area contributed by atoms with Gasteiger partial charge in [-0.2, -0.15) is 4.98 Å². The molecule has 9 nitrogen and oxygen atoms in total. The summed E-state index contributed by atoms with van der Waals surface area (Å²) in [6.45, 7) is 5.89. The summed E-state index contributed by atoms with van der Waals surface area (Å²) in [6.07, 6.45) is 3.03. The number of amides is 1. The molecule has 0 aliphatic carbocycles. The van der Waals surface area contributed by atoms with Gasteiger partial charge in [-0.25, -0.2) is 19.1 Å². The number of hydrogen-bond acceptors (Lipinski definition) is 8. The fourth-order valence-electron chi connectivity index (χ4n) is 4.55. The largest absolute Gasteiger partial charge is 0.444 e. The van der Waals surface area contributed by atoms with Gasteiger partial charge in [0, 0.05) is 24.3 Å². The Hall–Kier alpha value is -2.82. The average Bonchev–Trinajstić information content (AvgIpc) is 3.06. The van der Waals surface area contributed by atoms with Crippen LogP contribution in [0.1, 0.15) is 43.9 Å². The molecule has 0 spiro atoms. The summed E-state index contributed by atoms with van der Waals surface area (Å²) in [6, 6.07) is 7.06. The van der Waals surface area contributed by atoms with E-state index in [1.165, 1.54) is 19.2 Å². The van der Waals surface area contributed by atoms with Crippen molar-refractivity contribution in [2.24, 2.45) is 0 Å². The van der Waals surface area contributed by atoms with E-state index in [-0.39, 0.29) is 24.2 Å². The number of ether oxygens (including phenoxy) is 1. The van der Waals surface area contributed by atoms with Gasteiger partial charge in [0.25, 0.3) is 0 Å². The highest BCUT2D eigenvalue weighted by atomic mass is 19.1. The molecule has 0 saturated carbocycles. The Labute approximate surface area is 199 Å². The number of halogens is 1. The first-order valence-electron chi connectivity index (χ1n) is 11.6. The van der Waals surface area contributed by atoms with Crippen LogP contribution in [0.2, 0.25) is 0 Å². The van der Waals surface area contributed by atoms with Crippen LogP contribution in [0.3, 0.4) is 0 Å². The van der Waals surface area contributed by atoms with Crippen molar-refractivity contribution >= 4 is 17.9 Å². The minimum atomic E-state index is -1.50. The maximum atomic E-state index is 15.0. The van der Waals surface area contributed by atoms with Crippen LogP contribution in [0.25, 0.3) is 0 Å². The van der Waals surface area contributed by atoms with Crippen LogP contribution in [-0.2, 0) is 11.3 Å². The third-order valence-corrected chi connectivity index (χ3v) is 6.57. The second-order valence-corrected chi connectivity index (χ2v) is 9.54. The van der Waals surface area contributed by atoms with E-state index in [9.17, 15) is 14.3 Å². The number of aliphatic hydroxyl groups is 1. The van der Waals surface area contributed by atoms with Gasteiger partial charge in [-0.15, -0.1) is 0 Å². The predicted molar refractivity (Wildman–Crippen MR) is 127 cm³/mol. The van der Waals surface area contributed by atoms with E-state index in [1.807, 2.05) is 13.0 Å². The lowest BCUT2D eigenvalue weighted by molar-refractivity contribution is 0.0475. The standard InChI is InChI=1S/C24H33FN6O3/c1-16(27-22-26-10-7-21(28-22)31-23(32)34-15-24(31,2)33)19-6-5-17(13-20(19)25)14-30-11-8-18(9-12-30)29(3)4/h5-7,10,13,16,18,33H,8-9,11-12,14-15H2,1-4H3,(H,26,27,28)/t16-,24-/m0/s1. The van der Waals surface area contributed by atoms with Crippen LogP contribution in [-0.4, -0.2) is 76.5 Å². The van der Waals surface area contributed by atoms with Crippen molar-refractivity contribution in [3.05, 3.63) is 47.4 Å². The first-order valence-corrected chi connectivity index (χ1v) is 11.6. The average molecular weight is 473 g/mol. The number of carbonyl (C=O) groups is 1. The van der Waals surface area contributed by atoms with Crippen molar-refractivity contribution in [3.63, 3.8) is 0 Å². The van der Waals surface area contributed by atoms with E-state index >= 15 is 0 Å². The number of carbonyl (C=O) groups excluding carboxylic acids is 1. The van der Waals surface area contributed by atoms with Crippen LogP contribution in [0.15, 0.2) is 30.5 Å². The fraction of sp³-hybridized carbons (Fsp3) is 0.542. The summed E-state index contributed by atoms with van der Waals surface area (Å²) in [5.41, 5.74) is -0.0562. The molecule has 2 aliphatic rings. The van der Waals surface area contributed by atoms with Crippen LogP contribution in [0.4, 0.5) is 21.0 Å². The van der Waals surface area contributed by atoms with Gasteiger partial charge in [-0.05, 0) is 71.6 Å². The third-order valence-electron chi connectivity index (χ3n) is 6.57. The topological polar surface area (TPSA) is 94.1 Å². The van der Waals surface area contributed by atoms with Gasteiger partial charge in [0.1, 0.15) is 18.2 Å². The van der Waals surface area contributed by atoms with Crippen molar-refractivity contribution in [2.45, 2.75) is 51.0 Å². The third kappa shape index (κ3) is 5.29. The molecule has 2 fully saturated rings. The molecule has 2 aliphatic heterocycles. The number of hydrogen-bond donors (Lipinski definition) is 2. The number of likely N-dealkylation sites (tertiary alicyclic amines) is 1. The van der Waals surface area contributed by atoms with Crippen LogP contribution < -0.4 is 10.2 Å². The highest BCUT2D eigenvalue weighted by Gasteiger charge is 2.44. The zero-order chi connectivity index (χ0) is 24.5. The maximum absolute atomic E-state index is 15.0. The summed E-state index contributed by atoms with van der Waals surface area (Å²) >= 11 is 0. The molecule has 1 aromatic heterocycles. The molecular weight excluding hydrogens is 439 g/mol. The molecule has 2 N–H and O–H groups in total. The Morgan fingerprint density at radius 3 is 2.68 bits per heavy atom. The lowest BCUT2D eigenvalue weighted by Gasteiger charge is -2.35. The summed E-state index contributed by atoms with van der Waals surface area (Å²) in [4.78, 5) is 26.2. The van der Waals surface area contributed by atoms with Gasteiger partial charge < -0.3 is 20.1 Å². The van der Waals surface area contributed by atoms with E-state index in [2.05, 4.69) is 39.2 Å². The van der Waals surface area contributed by atoms with E-state index in [0.717, 1.165) is 42.9 Å². The number of anilines is 2. The van der Waals surface area contributed by atoms with Gasteiger partial charge in [0.2, 0.25) is 5.95 Å². The first-order chi connectivity index (χ1) is 16.1. The highest BCUT2D eigenvalue weighted by molar-refractivity contribution is 5.89. The summed E-state index contributed by atoms with van der Waals surface area (Å²) in [5, 5.41) is 13.5. The zero-order valence-electron chi connectivity index (χ0n) is 20.2. The number of nitrogens with one attached hydrogen (secondary N) is 1. The molecule has 0 bridgehead atoms. The molecule has 0 unspecified atom stereocenters. The normalized spacial score (nSPS) is 22.8. The quantitative estimate of drug-likeness (QED) is 0.635. The van der Waals surface area contributed by atoms with Crippen molar-refractivity contribution in [1.29, 1.82) is 0 Å². The predicted octanol–water partition coefficient (Wildman–Crippen LogP) is 2.98. The second-order valence-electron chi connectivity index (χ2n) is 9.54. The number of nitrogens with zero attached hydrogens (tertiary/aromatic N) is 5. The van der Waals surface area contributed by atoms with E-state index in [4.69, 9.17) is 4.74 Å². The zero-order valence-corrected chi connectivity index (χ0v) is 20.2. The lowest BCUT2D eigenvalue weighted by atomic mass is 10.0. The second kappa shape index (κ2) is 9.81. The SMILES string of the molecule is C[C@H](Nc1nccc(N2C(=O)OC[C@]2(C)O)n1)c1ccc(CN2CCC(N(C)C)CC2)cc1F. The minimum absolute atomic E-state index is 0.153. The van der Waals surface area contributed by atoms with Crippen molar-refractivity contribution < 1.29 is 19.0 Å². The Kier molecular flexibility index (Phi) is 7.01. The van der Waals surface area contributed by atoms with Gasteiger partial charge >= 0.3 is 6.09 Å². The Balaban J connectivity index is 1.40. The van der Waals surface area contributed by atoms with Gasteiger partial charge in [-0.1, -0.05) is 12.1 Å². The van der Waals surface area contributed by atoms with E-state index < -0.39 is 17.9 Å². The summed E-state index contributed by atoms with van der Waals surface area (Å²) < 4.78 is 19.9. The van der Waals surface area contributed by atoms with E-state index in [0.29, 0.717) is 11.6 Å². The summed E-state index contributed by atoms with van der Waals surface area (Å²) in [5.74, 6) is 0.127. The van der Waals surface area contributed by atoms with Gasteiger partial charge in [0.15, 0.2) is 5.72 Å². The molecule has 2 atom stereocenters. The van der Waals surface area contributed by atoms with Gasteiger partial charge in [-0.3, -0.25) is 4.90 Å². The van der Waals surface area contributed by atoms with Crippen molar-refractivity contribution in [3.8, 4) is 0 Å². The van der Waals surface area contributed by atoms with Crippen LogP contribution in [0, 0.1) is 5.82 Å². The van der Waals surface area contributed by atoms with E-state index in [1.54, 1.807) is 12.1 Å². The van der Waals surface area contributed by atoms with Crippen LogP contribution >= 0.6 is 0 Å². The van der Waals surface area contributed by atoms with Gasteiger partial charge in [0.05, 0.1) is 6.04 Å². The molecule has 0 radical (unpaired) electrons. The molecule has 2 aromatic rings. The minimum Gasteiger partial charge on any atom is -0.444 e. The molecule has 1 amide bonds. The Bertz CT molecular complexity index is 1030. The number of piperidine rings is 1. The van der Waals surface area contributed by atoms with Crippen LogP contribution in [0.5, 0.6) is 0 Å². The number of aromatic nitrogens is 2. The monoisotopic (exact) mass is 472 g/mol. The van der Waals surface area contributed by atoms with Crippen molar-refractivity contribution in [1.82, 2.24) is 19.8 Å². The molecule has 4 rings (SSSR count). The molecule has 1 aromatic carbocycles. The Morgan fingerprint density at radius 2 is 2.06 bits per heavy atom. The number of benzene rings is 1. The molecule has 3 heterocycles. The highest BCUT2D eigenvalue weighted by Crippen LogP contribution is 2.29. The summed E-state index contributed by atoms with van der Waals surface area (Å²) in [7, 11) is 4.24. The molecular formula is C24H33FN6O3. The molecule has 184 valence electrons. The molecule has 10 heteroatoms. The lowest BCUT2D eigenvalue weighted by Crippen LogP contribution is -2.45. The number of rotatable bonds is 7. The smallest absolute Gasteiger partial charge is 0.418 e. The molecule has 2 saturated heterocycles. The Morgan fingerprint density at radius 1 is 1.32 bits per heavy atom. The van der Waals surface area contributed by atoms with Crippen molar-refractivity contribution in [2.75, 3.05) is 44.0 Å². The first kappa shape index (κ1) is 24.3.